The van der Waals surface area contributed by atoms with Crippen molar-refractivity contribution in [2.24, 2.45) is 0 Å². The second-order valence-electron chi connectivity index (χ2n) is 4.78. The predicted octanol–water partition coefficient (Wildman–Crippen LogP) is 0.718. The molecule has 7 nitrogen and oxygen atoms in total. The van der Waals surface area contributed by atoms with Gasteiger partial charge in [0.2, 0.25) is 5.91 Å². The van der Waals surface area contributed by atoms with Crippen LogP contribution in [0.5, 0.6) is 0 Å². The number of methoxy groups -OCH3 is 1. The van der Waals surface area contributed by atoms with Crippen molar-refractivity contribution in [1.82, 2.24) is 20.0 Å². The first-order chi connectivity index (χ1) is 11.0. The molecular formula is C14H22F2N4O3. The van der Waals surface area contributed by atoms with E-state index in [-0.39, 0.29) is 18.1 Å². The van der Waals surface area contributed by atoms with Crippen LogP contribution in [-0.4, -0.2) is 66.8 Å². The first-order valence-electron chi connectivity index (χ1n) is 7.32. The summed E-state index contributed by atoms with van der Waals surface area (Å²) in [5, 5.41) is 6.78. The number of amides is 1. The van der Waals surface area contributed by atoms with Crippen molar-refractivity contribution in [2.75, 3.05) is 39.9 Å². The number of aldehydes is 1. The minimum absolute atomic E-state index is 0.0941. The molecule has 2 rings (SSSR count). The Bertz CT molecular complexity index is 500. The first kappa shape index (κ1) is 19.2. The lowest BCUT2D eigenvalue weighted by atomic mass is 10.3. The van der Waals surface area contributed by atoms with E-state index in [1.54, 1.807) is 12.0 Å². The first-order valence-corrected chi connectivity index (χ1v) is 7.32. The van der Waals surface area contributed by atoms with Crippen molar-refractivity contribution in [2.45, 2.75) is 19.9 Å². The summed E-state index contributed by atoms with van der Waals surface area (Å²) in [6.07, 6.45) is -2.38. The molecule has 0 atom stereocenters. The zero-order valence-electron chi connectivity index (χ0n) is 13.3. The van der Waals surface area contributed by atoms with Crippen LogP contribution in [0.25, 0.3) is 0 Å². The maximum Gasteiger partial charge on any atom is 0.280 e. The minimum atomic E-state index is -2.77. The van der Waals surface area contributed by atoms with E-state index in [0.717, 1.165) is 17.4 Å². The van der Waals surface area contributed by atoms with E-state index in [2.05, 4.69) is 15.2 Å². The van der Waals surface area contributed by atoms with E-state index in [1.165, 1.54) is 0 Å². The summed E-state index contributed by atoms with van der Waals surface area (Å²) < 4.78 is 31.0. The van der Waals surface area contributed by atoms with Gasteiger partial charge in [0, 0.05) is 39.9 Å². The predicted molar refractivity (Wildman–Crippen MR) is 79.6 cm³/mol. The molecule has 0 bridgehead atoms. The van der Waals surface area contributed by atoms with E-state index in [4.69, 9.17) is 0 Å². The van der Waals surface area contributed by atoms with Crippen LogP contribution in [0.2, 0.25) is 0 Å². The third-order valence-corrected chi connectivity index (χ3v) is 3.22. The van der Waals surface area contributed by atoms with Gasteiger partial charge < -0.3 is 15.0 Å². The number of piperazine rings is 1. The fraction of sp³-hybridized carbons (Fsp3) is 0.643. The molecule has 1 aliphatic rings. The molecule has 0 saturated carbocycles. The summed E-state index contributed by atoms with van der Waals surface area (Å²) in [5.74, 6) is -0.274. The third-order valence-electron chi connectivity index (χ3n) is 3.22. The van der Waals surface area contributed by atoms with Gasteiger partial charge in [0.25, 0.3) is 6.43 Å². The Hall–Kier alpha value is -1.87. The van der Waals surface area contributed by atoms with Crippen molar-refractivity contribution < 1.29 is 23.1 Å². The van der Waals surface area contributed by atoms with Gasteiger partial charge in [0.15, 0.2) is 6.29 Å². The van der Waals surface area contributed by atoms with Gasteiger partial charge in [-0.05, 0) is 13.0 Å². The topological polar surface area (TPSA) is 76.5 Å². The van der Waals surface area contributed by atoms with Crippen molar-refractivity contribution in [3.63, 3.8) is 0 Å². The Balaban J connectivity index is 0.000000593. The largest absolute Gasteiger partial charge is 0.385 e. The SMILES string of the molecule is CCOC.O=Cc1cc(C(F)F)n(CC(=O)N2CCNCC2)n1. The van der Waals surface area contributed by atoms with Crippen LogP contribution in [0.4, 0.5) is 8.78 Å². The van der Waals surface area contributed by atoms with Crippen molar-refractivity contribution in [1.29, 1.82) is 0 Å². The van der Waals surface area contributed by atoms with Crippen LogP contribution >= 0.6 is 0 Å². The number of ether oxygens (including phenoxy) is 1. The number of aromatic nitrogens is 2. The fourth-order valence-electron chi connectivity index (χ4n) is 1.95. The Morgan fingerprint density at radius 3 is 2.57 bits per heavy atom. The molecule has 0 spiro atoms. The van der Waals surface area contributed by atoms with Gasteiger partial charge in [-0.3, -0.25) is 14.3 Å². The molecule has 2 heterocycles. The normalized spacial score (nSPS) is 14.4. The number of hydrogen-bond donors (Lipinski definition) is 1. The highest BCUT2D eigenvalue weighted by Gasteiger charge is 2.21. The molecule has 1 N–H and O–H groups in total. The molecule has 1 aromatic rings. The van der Waals surface area contributed by atoms with Crippen LogP contribution in [0, 0.1) is 0 Å². The van der Waals surface area contributed by atoms with Gasteiger partial charge in [-0.15, -0.1) is 0 Å². The third kappa shape index (κ3) is 6.03. The quantitative estimate of drug-likeness (QED) is 0.804. The molecular weight excluding hydrogens is 310 g/mol. The molecule has 0 aromatic carbocycles. The molecule has 0 aliphatic carbocycles. The number of carbonyl (C=O) groups excluding carboxylic acids is 2. The zero-order valence-corrected chi connectivity index (χ0v) is 13.3. The molecule has 1 amide bonds. The standard InChI is InChI=1S/C11H14F2N4O2.C3H8O/c12-11(13)9-5-8(7-18)15-17(9)6-10(19)16-3-1-14-2-4-16;1-3-4-2/h5,7,11,14H,1-4,6H2;3H2,1-2H3. The summed E-state index contributed by atoms with van der Waals surface area (Å²) >= 11 is 0. The lowest BCUT2D eigenvalue weighted by Crippen LogP contribution is -2.47. The average molecular weight is 332 g/mol. The zero-order chi connectivity index (χ0) is 17.2. The number of carbonyl (C=O) groups is 2. The van der Waals surface area contributed by atoms with Gasteiger partial charge >= 0.3 is 0 Å². The molecule has 1 aliphatic heterocycles. The molecule has 130 valence electrons. The molecule has 0 radical (unpaired) electrons. The number of rotatable bonds is 5. The van der Waals surface area contributed by atoms with Crippen LogP contribution in [-0.2, 0) is 16.1 Å². The van der Waals surface area contributed by atoms with Gasteiger partial charge in [-0.1, -0.05) is 0 Å². The Kier molecular flexibility index (Phi) is 8.35. The second kappa shape index (κ2) is 10.0. The van der Waals surface area contributed by atoms with E-state index >= 15 is 0 Å². The number of nitrogens with zero attached hydrogens (tertiary/aromatic N) is 3. The van der Waals surface area contributed by atoms with Gasteiger partial charge in [-0.25, -0.2) is 8.78 Å². The number of nitrogens with one attached hydrogen (secondary N) is 1. The van der Waals surface area contributed by atoms with Crippen LogP contribution < -0.4 is 5.32 Å². The average Bonchev–Trinajstić information content (AvgIpc) is 2.99. The lowest BCUT2D eigenvalue weighted by molar-refractivity contribution is -0.132. The number of alkyl halides is 2. The molecule has 0 unspecified atom stereocenters. The van der Waals surface area contributed by atoms with Gasteiger partial charge in [-0.2, -0.15) is 5.10 Å². The van der Waals surface area contributed by atoms with Crippen LogP contribution in [0.1, 0.15) is 29.5 Å². The molecule has 9 heteroatoms. The number of hydrogen-bond acceptors (Lipinski definition) is 5. The Morgan fingerprint density at radius 1 is 1.48 bits per heavy atom. The van der Waals surface area contributed by atoms with Crippen molar-refractivity contribution >= 4 is 12.2 Å². The van der Waals surface area contributed by atoms with E-state index in [9.17, 15) is 18.4 Å². The van der Waals surface area contributed by atoms with Crippen molar-refractivity contribution in [3.8, 4) is 0 Å². The Morgan fingerprint density at radius 2 is 2.09 bits per heavy atom. The van der Waals surface area contributed by atoms with Crippen LogP contribution in [0.15, 0.2) is 6.07 Å². The highest BCUT2D eigenvalue weighted by atomic mass is 19.3. The fourth-order valence-corrected chi connectivity index (χ4v) is 1.95. The summed E-state index contributed by atoms with van der Waals surface area (Å²) in [7, 11) is 1.68. The van der Waals surface area contributed by atoms with E-state index in [0.29, 0.717) is 32.5 Å². The summed E-state index contributed by atoms with van der Waals surface area (Å²) in [5.41, 5.74) is -0.506. The number of halogens is 2. The van der Waals surface area contributed by atoms with E-state index in [1.807, 2.05) is 6.92 Å². The molecule has 1 fully saturated rings. The maximum atomic E-state index is 12.8. The molecule has 1 saturated heterocycles. The molecule has 1 aromatic heterocycles. The summed E-state index contributed by atoms with van der Waals surface area (Å²) in [4.78, 5) is 24.1. The van der Waals surface area contributed by atoms with E-state index < -0.39 is 12.1 Å². The highest BCUT2D eigenvalue weighted by Crippen LogP contribution is 2.19. The summed E-state index contributed by atoms with van der Waals surface area (Å²) in [6, 6.07) is 1.00. The second-order valence-corrected chi connectivity index (χ2v) is 4.78. The van der Waals surface area contributed by atoms with Crippen LogP contribution in [0.3, 0.4) is 0 Å². The van der Waals surface area contributed by atoms with Crippen molar-refractivity contribution in [3.05, 3.63) is 17.5 Å². The summed E-state index contributed by atoms with van der Waals surface area (Å²) in [6.45, 7) is 4.97. The highest BCUT2D eigenvalue weighted by molar-refractivity contribution is 5.76. The molecule has 23 heavy (non-hydrogen) atoms. The van der Waals surface area contributed by atoms with Gasteiger partial charge in [0.05, 0.1) is 0 Å². The smallest absolute Gasteiger partial charge is 0.280 e. The lowest BCUT2D eigenvalue weighted by Gasteiger charge is -2.27. The Labute approximate surface area is 133 Å². The monoisotopic (exact) mass is 332 g/mol. The maximum absolute atomic E-state index is 12.8. The van der Waals surface area contributed by atoms with Gasteiger partial charge in [0.1, 0.15) is 17.9 Å². The minimum Gasteiger partial charge on any atom is -0.385 e.